The molecule has 0 aliphatic carbocycles. The van der Waals surface area contributed by atoms with Crippen LogP contribution in [-0.4, -0.2) is 7.11 Å². The van der Waals surface area contributed by atoms with Crippen molar-refractivity contribution in [3.8, 4) is 11.5 Å². The third-order valence-corrected chi connectivity index (χ3v) is 5.18. The molecule has 0 fully saturated rings. The lowest BCUT2D eigenvalue weighted by Gasteiger charge is -2.16. The topological polar surface area (TPSA) is 30.5 Å². The van der Waals surface area contributed by atoms with E-state index in [0.29, 0.717) is 39.7 Å². The van der Waals surface area contributed by atoms with Crippen molar-refractivity contribution in [3.63, 3.8) is 0 Å². The molecule has 0 saturated carbocycles. The predicted octanol–water partition coefficient (Wildman–Crippen LogP) is 7.15. The van der Waals surface area contributed by atoms with Gasteiger partial charge in [-0.25, -0.2) is 0 Å². The Balaban J connectivity index is 1.75. The summed E-state index contributed by atoms with van der Waals surface area (Å²) >= 11 is 18.7. The van der Waals surface area contributed by atoms with Gasteiger partial charge in [-0.05, 0) is 53.9 Å². The first-order chi connectivity index (χ1) is 13.5. The molecule has 3 aromatic rings. The summed E-state index contributed by atoms with van der Waals surface area (Å²) in [5.74, 6) is 1.10. The van der Waals surface area contributed by atoms with E-state index in [-0.39, 0.29) is 0 Å². The molecule has 0 unspecified atom stereocenters. The average Bonchev–Trinajstić information content (AvgIpc) is 2.68. The van der Waals surface area contributed by atoms with E-state index in [9.17, 15) is 0 Å². The third kappa shape index (κ3) is 5.05. The van der Waals surface area contributed by atoms with E-state index in [2.05, 4.69) is 5.32 Å². The smallest absolute Gasteiger partial charge is 0.180 e. The normalized spacial score (nSPS) is 10.6. The number of ether oxygens (including phenoxy) is 2. The maximum absolute atomic E-state index is 6.48. The molecule has 6 heteroatoms. The highest BCUT2D eigenvalue weighted by Crippen LogP contribution is 2.37. The van der Waals surface area contributed by atoms with E-state index >= 15 is 0 Å². The van der Waals surface area contributed by atoms with Crippen LogP contribution in [0.2, 0.25) is 15.1 Å². The molecule has 0 saturated heterocycles. The molecule has 0 radical (unpaired) electrons. The molecule has 3 nitrogen and oxygen atoms in total. The third-order valence-electron chi connectivity index (χ3n) is 4.33. The van der Waals surface area contributed by atoms with Crippen LogP contribution in [0.3, 0.4) is 0 Å². The van der Waals surface area contributed by atoms with Gasteiger partial charge in [-0.1, -0.05) is 59.1 Å². The zero-order valence-electron chi connectivity index (χ0n) is 15.6. The molecule has 0 aliphatic rings. The lowest BCUT2D eigenvalue weighted by Crippen LogP contribution is -2.03. The molecule has 0 aromatic heterocycles. The quantitative estimate of drug-likeness (QED) is 0.426. The second-order valence-corrected chi connectivity index (χ2v) is 7.55. The van der Waals surface area contributed by atoms with Gasteiger partial charge in [0, 0.05) is 11.6 Å². The zero-order chi connectivity index (χ0) is 20.1. The molecule has 0 heterocycles. The number of hydrogen-bond acceptors (Lipinski definition) is 3. The average molecular weight is 437 g/mol. The Morgan fingerprint density at radius 3 is 2.46 bits per heavy atom. The van der Waals surface area contributed by atoms with Crippen molar-refractivity contribution in [1.29, 1.82) is 0 Å². The fraction of sp³-hybridized carbons (Fsp3) is 0.182. The van der Waals surface area contributed by atoms with Gasteiger partial charge < -0.3 is 14.8 Å². The molecular weight excluding hydrogens is 417 g/mol. The fourth-order valence-electron chi connectivity index (χ4n) is 2.77. The van der Waals surface area contributed by atoms with Crippen molar-refractivity contribution in [2.75, 3.05) is 12.4 Å². The number of methoxy groups -OCH3 is 1. The molecule has 3 aromatic carbocycles. The standard InChI is InChI=1S/C22H20Cl3NO2/c1-14-5-3-4-6-16(14)13-28-22-19(25)9-15(10-21(22)27-2)12-26-20-11-17(23)7-8-18(20)24/h3-11,26H,12-13H2,1-2H3. The minimum absolute atomic E-state index is 0.415. The minimum Gasteiger partial charge on any atom is -0.493 e. The fourth-order valence-corrected chi connectivity index (χ4v) is 3.41. The van der Waals surface area contributed by atoms with Gasteiger partial charge in [-0.15, -0.1) is 0 Å². The van der Waals surface area contributed by atoms with Gasteiger partial charge in [0.15, 0.2) is 11.5 Å². The van der Waals surface area contributed by atoms with Gasteiger partial charge in [-0.3, -0.25) is 0 Å². The first-order valence-corrected chi connectivity index (χ1v) is 9.84. The minimum atomic E-state index is 0.415. The predicted molar refractivity (Wildman–Crippen MR) is 117 cm³/mol. The van der Waals surface area contributed by atoms with Crippen LogP contribution >= 0.6 is 34.8 Å². The Morgan fingerprint density at radius 1 is 0.929 bits per heavy atom. The van der Waals surface area contributed by atoms with Crippen LogP contribution in [0.4, 0.5) is 5.69 Å². The second-order valence-electron chi connectivity index (χ2n) is 6.30. The summed E-state index contributed by atoms with van der Waals surface area (Å²) in [5, 5.41) is 4.96. The SMILES string of the molecule is COc1cc(CNc2cc(Cl)ccc2Cl)cc(Cl)c1OCc1ccccc1C. The van der Waals surface area contributed by atoms with E-state index in [0.717, 1.165) is 22.4 Å². The summed E-state index contributed by atoms with van der Waals surface area (Å²) in [7, 11) is 1.59. The number of benzene rings is 3. The van der Waals surface area contributed by atoms with Crippen molar-refractivity contribution >= 4 is 40.5 Å². The number of hydrogen-bond donors (Lipinski definition) is 1. The molecule has 0 aliphatic heterocycles. The lowest BCUT2D eigenvalue weighted by molar-refractivity contribution is 0.284. The molecule has 0 atom stereocenters. The van der Waals surface area contributed by atoms with Gasteiger partial charge in [0.25, 0.3) is 0 Å². The first-order valence-electron chi connectivity index (χ1n) is 8.70. The number of halogens is 3. The maximum atomic E-state index is 6.48. The Bertz CT molecular complexity index is 976. The molecule has 0 bridgehead atoms. The molecule has 0 spiro atoms. The number of rotatable bonds is 7. The monoisotopic (exact) mass is 435 g/mol. The molecule has 1 N–H and O–H groups in total. The van der Waals surface area contributed by atoms with Crippen LogP contribution < -0.4 is 14.8 Å². The van der Waals surface area contributed by atoms with Crippen molar-refractivity contribution in [2.45, 2.75) is 20.1 Å². The number of nitrogens with one attached hydrogen (secondary N) is 1. The van der Waals surface area contributed by atoms with Gasteiger partial charge in [-0.2, -0.15) is 0 Å². The largest absolute Gasteiger partial charge is 0.493 e. The van der Waals surface area contributed by atoms with Crippen molar-refractivity contribution in [3.05, 3.63) is 86.4 Å². The van der Waals surface area contributed by atoms with E-state index in [1.807, 2.05) is 43.3 Å². The molecule has 3 rings (SSSR count). The van der Waals surface area contributed by atoms with Crippen LogP contribution in [-0.2, 0) is 13.2 Å². The molecular formula is C22H20Cl3NO2. The van der Waals surface area contributed by atoms with Crippen LogP contribution in [0.25, 0.3) is 0 Å². The van der Waals surface area contributed by atoms with Gasteiger partial charge in [0.2, 0.25) is 0 Å². The number of aryl methyl sites for hydroxylation is 1. The highest BCUT2D eigenvalue weighted by Gasteiger charge is 2.13. The van der Waals surface area contributed by atoms with Crippen molar-refractivity contribution in [2.24, 2.45) is 0 Å². The van der Waals surface area contributed by atoms with E-state index < -0.39 is 0 Å². The summed E-state index contributed by atoms with van der Waals surface area (Å²) in [5.41, 5.74) is 3.95. The molecule has 28 heavy (non-hydrogen) atoms. The summed E-state index contributed by atoms with van der Waals surface area (Å²) < 4.78 is 11.5. The van der Waals surface area contributed by atoms with Gasteiger partial charge >= 0.3 is 0 Å². The Kier molecular flexibility index (Phi) is 6.95. The summed E-state index contributed by atoms with van der Waals surface area (Å²) in [6, 6.07) is 17.1. The van der Waals surface area contributed by atoms with E-state index in [1.165, 1.54) is 0 Å². The van der Waals surface area contributed by atoms with E-state index in [1.54, 1.807) is 25.3 Å². The lowest BCUT2D eigenvalue weighted by atomic mass is 10.1. The van der Waals surface area contributed by atoms with Gasteiger partial charge in [0.05, 0.1) is 22.8 Å². The zero-order valence-corrected chi connectivity index (χ0v) is 17.8. The number of anilines is 1. The van der Waals surface area contributed by atoms with Crippen molar-refractivity contribution in [1.82, 2.24) is 0 Å². The maximum Gasteiger partial charge on any atom is 0.180 e. The molecule has 0 amide bonds. The van der Waals surface area contributed by atoms with Crippen LogP contribution in [0.1, 0.15) is 16.7 Å². The molecule has 146 valence electrons. The highest BCUT2D eigenvalue weighted by molar-refractivity contribution is 6.35. The van der Waals surface area contributed by atoms with Crippen LogP contribution in [0.15, 0.2) is 54.6 Å². The first kappa shape index (κ1) is 20.7. The summed E-state index contributed by atoms with van der Waals surface area (Å²) in [6.07, 6.45) is 0. The Morgan fingerprint density at radius 2 is 1.71 bits per heavy atom. The second kappa shape index (κ2) is 9.42. The summed E-state index contributed by atoms with van der Waals surface area (Å²) in [6.45, 7) is 2.97. The van der Waals surface area contributed by atoms with Crippen LogP contribution in [0, 0.1) is 6.92 Å². The Labute approximate surface area is 180 Å². The van der Waals surface area contributed by atoms with E-state index in [4.69, 9.17) is 44.3 Å². The highest BCUT2D eigenvalue weighted by atomic mass is 35.5. The van der Waals surface area contributed by atoms with Crippen LogP contribution in [0.5, 0.6) is 11.5 Å². The van der Waals surface area contributed by atoms with Crippen molar-refractivity contribution < 1.29 is 9.47 Å². The van der Waals surface area contributed by atoms with Gasteiger partial charge in [0.1, 0.15) is 6.61 Å². The summed E-state index contributed by atoms with van der Waals surface area (Å²) in [4.78, 5) is 0. The Hall–Kier alpha value is -2.07.